The molecule has 2 heteroatoms. The van der Waals surface area contributed by atoms with Crippen LogP contribution in [0.15, 0.2) is 24.2 Å². The van der Waals surface area contributed by atoms with E-state index in [1.54, 1.807) is 13.0 Å². The third-order valence-corrected chi connectivity index (χ3v) is 0.919. The molecule has 0 aromatic heterocycles. The van der Waals surface area contributed by atoms with Crippen molar-refractivity contribution in [3.63, 3.8) is 0 Å². The average Bonchev–Trinajstić information content (AvgIpc) is 2.14. The number of carbonyl (C=O) groups excluding carboxylic acids is 1. The third-order valence-electron chi connectivity index (χ3n) is 0.919. The van der Waals surface area contributed by atoms with Gasteiger partial charge in [-0.25, -0.2) is 0 Å². The standard InChI is InChI=1S/C6H6O2/c1-2-6-5(7)3-4-8-6/h2-4H,1H3/b6-2+. The maximum absolute atomic E-state index is 10.5. The maximum atomic E-state index is 10.5. The number of ether oxygens (including phenoxy) is 1. The zero-order valence-corrected chi connectivity index (χ0v) is 4.55. The first-order valence-electron chi connectivity index (χ1n) is 2.38. The smallest absolute Gasteiger partial charge is 0.223 e. The Bertz CT molecular complexity index is 165. The van der Waals surface area contributed by atoms with E-state index in [-0.39, 0.29) is 5.78 Å². The fourth-order valence-electron chi connectivity index (χ4n) is 0.520. The predicted octanol–water partition coefficient (Wildman–Crippen LogP) is 1.00. The van der Waals surface area contributed by atoms with Crippen LogP contribution in [0.3, 0.4) is 0 Å². The van der Waals surface area contributed by atoms with Gasteiger partial charge in [0.2, 0.25) is 5.78 Å². The van der Waals surface area contributed by atoms with Crippen molar-refractivity contribution in [2.75, 3.05) is 0 Å². The van der Waals surface area contributed by atoms with E-state index in [1.165, 1.54) is 12.3 Å². The molecule has 0 saturated carbocycles. The molecule has 0 saturated heterocycles. The van der Waals surface area contributed by atoms with E-state index in [2.05, 4.69) is 0 Å². The molecule has 1 rings (SSSR count). The number of carbonyl (C=O) groups is 1. The fourth-order valence-corrected chi connectivity index (χ4v) is 0.520. The molecule has 0 aromatic rings. The molecule has 0 aromatic carbocycles. The van der Waals surface area contributed by atoms with E-state index in [0.29, 0.717) is 5.76 Å². The minimum absolute atomic E-state index is 0.0486. The number of rotatable bonds is 0. The van der Waals surface area contributed by atoms with Crippen LogP contribution in [-0.4, -0.2) is 5.78 Å². The molecule has 0 spiro atoms. The van der Waals surface area contributed by atoms with Crippen LogP contribution in [0.2, 0.25) is 0 Å². The van der Waals surface area contributed by atoms with Gasteiger partial charge < -0.3 is 4.74 Å². The van der Waals surface area contributed by atoms with Crippen LogP contribution < -0.4 is 0 Å². The van der Waals surface area contributed by atoms with Gasteiger partial charge in [0.15, 0.2) is 5.76 Å². The van der Waals surface area contributed by atoms with Crippen molar-refractivity contribution < 1.29 is 9.53 Å². The van der Waals surface area contributed by atoms with E-state index < -0.39 is 0 Å². The summed E-state index contributed by atoms with van der Waals surface area (Å²) in [6, 6.07) is 0. The number of allylic oxidation sites excluding steroid dienone is 2. The summed E-state index contributed by atoms with van der Waals surface area (Å²) in [7, 11) is 0. The molecule has 0 atom stereocenters. The zero-order chi connectivity index (χ0) is 5.98. The summed E-state index contributed by atoms with van der Waals surface area (Å²) in [6.07, 6.45) is 4.43. The summed E-state index contributed by atoms with van der Waals surface area (Å²) in [5.74, 6) is 0.373. The van der Waals surface area contributed by atoms with Gasteiger partial charge >= 0.3 is 0 Å². The first kappa shape index (κ1) is 5.09. The maximum Gasteiger partial charge on any atom is 0.223 e. The topological polar surface area (TPSA) is 26.3 Å². The molecule has 8 heavy (non-hydrogen) atoms. The Labute approximate surface area is 47.5 Å². The quantitative estimate of drug-likeness (QED) is 0.435. The van der Waals surface area contributed by atoms with E-state index in [0.717, 1.165) is 0 Å². The number of hydrogen-bond donors (Lipinski definition) is 0. The van der Waals surface area contributed by atoms with Crippen molar-refractivity contribution in [2.45, 2.75) is 6.92 Å². The van der Waals surface area contributed by atoms with Gasteiger partial charge in [-0.3, -0.25) is 4.79 Å². The van der Waals surface area contributed by atoms with Crippen molar-refractivity contribution in [3.8, 4) is 0 Å². The van der Waals surface area contributed by atoms with E-state index in [9.17, 15) is 4.79 Å². The van der Waals surface area contributed by atoms with Crippen molar-refractivity contribution in [2.24, 2.45) is 0 Å². The van der Waals surface area contributed by atoms with Crippen LogP contribution in [0.25, 0.3) is 0 Å². The zero-order valence-electron chi connectivity index (χ0n) is 4.55. The van der Waals surface area contributed by atoms with Crippen molar-refractivity contribution in [1.29, 1.82) is 0 Å². The Kier molecular flexibility index (Phi) is 1.16. The molecule has 0 fully saturated rings. The minimum atomic E-state index is -0.0486. The Hall–Kier alpha value is -1.05. The SMILES string of the molecule is C/C=C1/OC=CC1=O. The molecule has 0 amide bonds. The molecule has 0 aliphatic carbocycles. The lowest BCUT2D eigenvalue weighted by molar-refractivity contribution is -0.112. The lowest BCUT2D eigenvalue weighted by atomic mass is 10.3. The van der Waals surface area contributed by atoms with Gasteiger partial charge in [-0.2, -0.15) is 0 Å². The Morgan fingerprint density at radius 1 is 1.75 bits per heavy atom. The third kappa shape index (κ3) is 0.644. The van der Waals surface area contributed by atoms with Crippen LogP contribution in [0.4, 0.5) is 0 Å². The largest absolute Gasteiger partial charge is 0.461 e. The second-order valence-electron chi connectivity index (χ2n) is 1.44. The second kappa shape index (κ2) is 1.82. The first-order valence-corrected chi connectivity index (χ1v) is 2.38. The first-order chi connectivity index (χ1) is 3.84. The lowest BCUT2D eigenvalue weighted by Gasteiger charge is -1.89. The Balaban J connectivity index is 2.79. The van der Waals surface area contributed by atoms with E-state index in [1.807, 2.05) is 0 Å². The van der Waals surface area contributed by atoms with Gasteiger partial charge in [-0.05, 0) is 13.0 Å². The lowest BCUT2D eigenvalue weighted by Crippen LogP contribution is -1.90. The molecule has 42 valence electrons. The van der Waals surface area contributed by atoms with Crippen LogP contribution in [0.5, 0.6) is 0 Å². The van der Waals surface area contributed by atoms with Crippen molar-refractivity contribution >= 4 is 5.78 Å². The monoisotopic (exact) mass is 110 g/mol. The highest BCUT2D eigenvalue weighted by Gasteiger charge is 2.09. The highest BCUT2D eigenvalue weighted by atomic mass is 16.5. The molecule has 1 aliphatic rings. The van der Waals surface area contributed by atoms with Crippen LogP contribution in [0.1, 0.15) is 6.92 Å². The molecule has 1 heterocycles. The van der Waals surface area contributed by atoms with Crippen molar-refractivity contribution in [3.05, 3.63) is 24.2 Å². The molecule has 0 N–H and O–H groups in total. The van der Waals surface area contributed by atoms with Crippen LogP contribution >= 0.6 is 0 Å². The van der Waals surface area contributed by atoms with Gasteiger partial charge in [0.25, 0.3) is 0 Å². The van der Waals surface area contributed by atoms with Crippen LogP contribution in [0, 0.1) is 0 Å². The molecule has 2 nitrogen and oxygen atoms in total. The molecular weight excluding hydrogens is 104 g/mol. The number of ketones is 1. The summed E-state index contributed by atoms with van der Waals surface area (Å²) >= 11 is 0. The van der Waals surface area contributed by atoms with Gasteiger partial charge in [0.1, 0.15) is 0 Å². The molecular formula is C6H6O2. The Morgan fingerprint density at radius 2 is 2.50 bits per heavy atom. The highest BCUT2D eigenvalue weighted by Crippen LogP contribution is 2.07. The molecule has 0 bridgehead atoms. The van der Waals surface area contributed by atoms with Gasteiger partial charge in [-0.1, -0.05) is 0 Å². The molecule has 0 unspecified atom stereocenters. The van der Waals surface area contributed by atoms with Crippen molar-refractivity contribution in [1.82, 2.24) is 0 Å². The average molecular weight is 110 g/mol. The fraction of sp³-hybridized carbons (Fsp3) is 0.167. The molecule has 0 radical (unpaired) electrons. The summed E-state index contributed by atoms with van der Waals surface area (Å²) in [5.41, 5.74) is 0. The second-order valence-corrected chi connectivity index (χ2v) is 1.44. The predicted molar refractivity (Wildman–Crippen MR) is 29.0 cm³/mol. The van der Waals surface area contributed by atoms with E-state index in [4.69, 9.17) is 4.74 Å². The summed E-state index contributed by atoms with van der Waals surface area (Å²) in [6.45, 7) is 1.76. The van der Waals surface area contributed by atoms with Gasteiger partial charge in [0, 0.05) is 6.08 Å². The highest BCUT2D eigenvalue weighted by molar-refractivity contribution is 6.03. The minimum Gasteiger partial charge on any atom is -0.461 e. The number of hydrogen-bond acceptors (Lipinski definition) is 2. The summed E-state index contributed by atoms with van der Waals surface area (Å²) < 4.78 is 4.75. The summed E-state index contributed by atoms with van der Waals surface area (Å²) in [5, 5.41) is 0. The normalized spacial score (nSPS) is 22.1. The van der Waals surface area contributed by atoms with Crippen LogP contribution in [-0.2, 0) is 9.53 Å². The van der Waals surface area contributed by atoms with E-state index >= 15 is 0 Å². The molecule has 1 aliphatic heterocycles. The van der Waals surface area contributed by atoms with Gasteiger partial charge in [-0.15, -0.1) is 0 Å². The van der Waals surface area contributed by atoms with Gasteiger partial charge in [0.05, 0.1) is 6.26 Å². The Morgan fingerprint density at radius 3 is 2.75 bits per heavy atom. The summed E-state index contributed by atoms with van der Waals surface area (Å²) in [4.78, 5) is 10.5.